The minimum absolute atomic E-state index is 0.0697. The van der Waals surface area contributed by atoms with E-state index >= 15 is 0 Å². The molecule has 23 heavy (non-hydrogen) atoms. The smallest absolute Gasteiger partial charge is 0.232 e. The van der Waals surface area contributed by atoms with Crippen molar-refractivity contribution in [2.45, 2.75) is 26.3 Å². The highest BCUT2D eigenvalue weighted by Gasteiger charge is 2.08. The van der Waals surface area contributed by atoms with E-state index in [0.717, 1.165) is 24.2 Å². The van der Waals surface area contributed by atoms with Crippen molar-refractivity contribution < 1.29 is 8.42 Å². The van der Waals surface area contributed by atoms with Gasteiger partial charge in [-0.3, -0.25) is 9.71 Å². The standard InChI is InChI=1S/C17H23N3O2S/c1-3-23(21,22)20-17-9-7-15(8-10-17)14(2)18-13-11-16-6-4-5-12-19-16/h4-10,12,14,18,20H,3,11,13H2,1-2H3/t14-/m0/s1. The fraction of sp³-hybridized carbons (Fsp3) is 0.353. The molecule has 0 aliphatic rings. The van der Waals surface area contributed by atoms with Crippen molar-refractivity contribution in [3.63, 3.8) is 0 Å². The molecule has 0 radical (unpaired) electrons. The summed E-state index contributed by atoms with van der Waals surface area (Å²) in [5.41, 5.74) is 2.78. The van der Waals surface area contributed by atoms with Gasteiger partial charge in [-0.15, -0.1) is 0 Å². The second-order valence-corrected chi connectivity index (χ2v) is 7.39. The van der Waals surface area contributed by atoms with Crippen LogP contribution in [0.2, 0.25) is 0 Å². The summed E-state index contributed by atoms with van der Waals surface area (Å²) >= 11 is 0. The Kier molecular flexibility index (Phi) is 6.12. The molecule has 2 N–H and O–H groups in total. The summed E-state index contributed by atoms with van der Waals surface area (Å²) in [6.07, 6.45) is 2.68. The van der Waals surface area contributed by atoms with Crippen molar-refractivity contribution in [2.75, 3.05) is 17.0 Å². The number of anilines is 1. The minimum atomic E-state index is -3.22. The summed E-state index contributed by atoms with van der Waals surface area (Å²) in [5.74, 6) is 0.0697. The average molecular weight is 333 g/mol. The van der Waals surface area contributed by atoms with Gasteiger partial charge in [0.2, 0.25) is 10.0 Å². The number of aromatic nitrogens is 1. The van der Waals surface area contributed by atoms with Gasteiger partial charge in [0.05, 0.1) is 5.75 Å². The third kappa shape index (κ3) is 5.65. The van der Waals surface area contributed by atoms with E-state index in [1.165, 1.54) is 0 Å². The van der Waals surface area contributed by atoms with E-state index in [-0.39, 0.29) is 11.8 Å². The maximum atomic E-state index is 11.5. The van der Waals surface area contributed by atoms with Gasteiger partial charge in [-0.2, -0.15) is 0 Å². The predicted molar refractivity (Wildman–Crippen MR) is 93.9 cm³/mol. The molecule has 0 saturated heterocycles. The zero-order valence-corrected chi connectivity index (χ0v) is 14.3. The van der Waals surface area contributed by atoms with Gasteiger partial charge in [-0.25, -0.2) is 8.42 Å². The maximum Gasteiger partial charge on any atom is 0.232 e. The van der Waals surface area contributed by atoms with Crippen LogP contribution < -0.4 is 10.0 Å². The monoisotopic (exact) mass is 333 g/mol. The first kappa shape index (κ1) is 17.4. The highest BCUT2D eigenvalue weighted by atomic mass is 32.2. The lowest BCUT2D eigenvalue weighted by Gasteiger charge is -2.15. The Hall–Kier alpha value is -1.92. The Morgan fingerprint density at radius 3 is 2.48 bits per heavy atom. The highest BCUT2D eigenvalue weighted by Crippen LogP contribution is 2.17. The first-order valence-electron chi connectivity index (χ1n) is 7.74. The number of sulfonamides is 1. The molecular formula is C17H23N3O2S. The third-order valence-corrected chi connectivity index (χ3v) is 4.93. The molecule has 1 aromatic heterocycles. The molecule has 6 heteroatoms. The van der Waals surface area contributed by atoms with Crippen LogP contribution in [0, 0.1) is 0 Å². The largest absolute Gasteiger partial charge is 0.310 e. The van der Waals surface area contributed by atoms with E-state index in [1.807, 2.05) is 30.3 Å². The van der Waals surface area contributed by atoms with E-state index < -0.39 is 10.0 Å². The van der Waals surface area contributed by atoms with Crippen molar-refractivity contribution in [3.05, 3.63) is 59.9 Å². The van der Waals surface area contributed by atoms with Gasteiger partial charge in [-0.1, -0.05) is 18.2 Å². The van der Waals surface area contributed by atoms with Gasteiger partial charge < -0.3 is 5.32 Å². The van der Waals surface area contributed by atoms with Crippen LogP contribution in [0.5, 0.6) is 0 Å². The molecule has 0 aliphatic heterocycles. The quantitative estimate of drug-likeness (QED) is 0.779. The number of pyridine rings is 1. The summed E-state index contributed by atoms with van der Waals surface area (Å²) in [7, 11) is -3.22. The zero-order valence-electron chi connectivity index (χ0n) is 13.5. The van der Waals surface area contributed by atoms with Crippen LogP contribution in [0.4, 0.5) is 5.69 Å². The van der Waals surface area contributed by atoms with Crippen LogP contribution in [-0.4, -0.2) is 25.7 Å². The molecule has 0 saturated carbocycles. The van der Waals surface area contributed by atoms with Gasteiger partial charge in [0.1, 0.15) is 0 Å². The lowest BCUT2D eigenvalue weighted by molar-refractivity contribution is 0.574. The van der Waals surface area contributed by atoms with Gasteiger partial charge >= 0.3 is 0 Å². The van der Waals surface area contributed by atoms with Crippen LogP contribution in [0.15, 0.2) is 48.7 Å². The molecule has 5 nitrogen and oxygen atoms in total. The Balaban J connectivity index is 1.86. The SMILES string of the molecule is CCS(=O)(=O)Nc1ccc([C@H](C)NCCc2ccccn2)cc1. The van der Waals surface area contributed by atoms with Crippen LogP contribution in [0.1, 0.15) is 31.1 Å². The number of rotatable bonds is 8. The summed E-state index contributed by atoms with van der Waals surface area (Å²) < 4.78 is 25.6. The van der Waals surface area contributed by atoms with E-state index in [0.29, 0.717) is 5.69 Å². The lowest BCUT2D eigenvalue weighted by Crippen LogP contribution is -2.21. The molecule has 1 atom stereocenters. The van der Waals surface area contributed by atoms with Crippen LogP contribution >= 0.6 is 0 Å². The van der Waals surface area contributed by atoms with E-state index in [2.05, 4.69) is 21.9 Å². The Morgan fingerprint density at radius 2 is 1.87 bits per heavy atom. The minimum Gasteiger partial charge on any atom is -0.310 e. The maximum absolute atomic E-state index is 11.5. The van der Waals surface area contributed by atoms with Crippen LogP contribution in [-0.2, 0) is 16.4 Å². The predicted octanol–water partition coefficient (Wildman–Crippen LogP) is 2.74. The average Bonchev–Trinajstić information content (AvgIpc) is 2.56. The summed E-state index contributed by atoms with van der Waals surface area (Å²) in [6, 6.07) is 13.6. The molecule has 0 spiro atoms. The molecule has 0 unspecified atom stereocenters. The second kappa shape index (κ2) is 8.08. The number of hydrogen-bond acceptors (Lipinski definition) is 4. The second-order valence-electron chi connectivity index (χ2n) is 5.37. The Morgan fingerprint density at radius 1 is 1.13 bits per heavy atom. The lowest BCUT2D eigenvalue weighted by atomic mass is 10.1. The van der Waals surface area contributed by atoms with Gasteiger partial charge in [0.15, 0.2) is 0 Å². The topological polar surface area (TPSA) is 71.1 Å². The van der Waals surface area contributed by atoms with Crippen LogP contribution in [0.3, 0.4) is 0 Å². The molecule has 0 bridgehead atoms. The van der Waals surface area contributed by atoms with Crippen molar-refractivity contribution in [1.29, 1.82) is 0 Å². The first-order valence-corrected chi connectivity index (χ1v) is 9.39. The van der Waals surface area contributed by atoms with Crippen molar-refractivity contribution in [1.82, 2.24) is 10.3 Å². The fourth-order valence-corrected chi connectivity index (χ4v) is 2.81. The van der Waals surface area contributed by atoms with Gasteiger partial charge in [-0.05, 0) is 43.7 Å². The summed E-state index contributed by atoms with van der Waals surface area (Å²) in [6.45, 7) is 4.54. The van der Waals surface area contributed by atoms with E-state index in [1.54, 1.807) is 25.3 Å². The van der Waals surface area contributed by atoms with Gasteiger partial charge in [0.25, 0.3) is 0 Å². The zero-order chi connectivity index (χ0) is 16.7. The molecule has 0 aliphatic carbocycles. The number of hydrogen-bond donors (Lipinski definition) is 2. The van der Waals surface area contributed by atoms with Gasteiger partial charge in [0, 0.05) is 36.6 Å². The molecule has 2 aromatic rings. The Bertz CT molecular complexity index is 700. The third-order valence-electron chi connectivity index (χ3n) is 3.62. The number of nitrogens with one attached hydrogen (secondary N) is 2. The van der Waals surface area contributed by atoms with Crippen molar-refractivity contribution in [3.8, 4) is 0 Å². The van der Waals surface area contributed by atoms with E-state index in [9.17, 15) is 8.42 Å². The molecule has 0 fully saturated rings. The fourth-order valence-electron chi connectivity index (χ4n) is 2.17. The molecule has 0 amide bonds. The molecule has 2 rings (SSSR count). The summed E-state index contributed by atoms with van der Waals surface area (Å²) in [5, 5.41) is 3.45. The Labute approximate surface area is 138 Å². The molecule has 124 valence electrons. The number of benzene rings is 1. The number of nitrogens with zero attached hydrogens (tertiary/aromatic N) is 1. The van der Waals surface area contributed by atoms with Crippen molar-refractivity contribution in [2.24, 2.45) is 0 Å². The molecular weight excluding hydrogens is 310 g/mol. The van der Waals surface area contributed by atoms with Crippen LogP contribution in [0.25, 0.3) is 0 Å². The molecule has 1 heterocycles. The summed E-state index contributed by atoms with van der Waals surface area (Å²) in [4.78, 5) is 4.30. The normalized spacial score (nSPS) is 12.8. The van der Waals surface area contributed by atoms with E-state index in [4.69, 9.17) is 0 Å². The molecule has 1 aromatic carbocycles. The van der Waals surface area contributed by atoms with Crippen molar-refractivity contribution >= 4 is 15.7 Å². The highest BCUT2D eigenvalue weighted by molar-refractivity contribution is 7.92. The first-order chi connectivity index (χ1) is 11.0.